The van der Waals surface area contributed by atoms with Gasteiger partial charge in [-0.3, -0.25) is 0 Å². The van der Waals surface area contributed by atoms with Gasteiger partial charge in [0.1, 0.15) is 11.1 Å². The summed E-state index contributed by atoms with van der Waals surface area (Å²) in [7, 11) is -4.00. The Bertz CT molecular complexity index is 1250. The predicted molar refractivity (Wildman–Crippen MR) is 129 cm³/mol. The first-order valence-corrected chi connectivity index (χ1v) is 12.3. The lowest BCUT2D eigenvalue weighted by Crippen LogP contribution is -2.11. The number of nitriles is 1. The molecule has 0 saturated heterocycles. The van der Waals surface area contributed by atoms with E-state index in [0.29, 0.717) is 16.5 Å². The molecule has 3 aromatic carbocycles. The highest BCUT2D eigenvalue weighted by molar-refractivity contribution is 8.04. The standard InChI is InChI=1S/C24H21ClN2O2S2/c1-17-11-13-19(14-12-17)16-30-24(27-22-10-6-9-21(25)18(22)2)23(15-26)31(28,29)20-7-4-3-5-8-20/h3-14,27H,16H2,1-2H3/b24-23-. The maximum Gasteiger partial charge on any atom is 0.219 e. The Morgan fingerprint density at radius 1 is 1.00 bits per heavy atom. The third-order valence-corrected chi connectivity index (χ3v) is 7.99. The average molecular weight is 469 g/mol. The molecule has 31 heavy (non-hydrogen) atoms. The second kappa shape index (κ2) is 10.1. The van der Waals surface area contributed by atoms with E-state index in [1.54, 1.807) is 36.4 Å². The fraction of sp³-hybridized carbons (Fsp3) is 0.125. The summed E-state index contributed by atoms with van der Waals surface area (Å²) in [4.78, 5) is -0.250. The van der Waals surface area contributed by atoms with E-state index in [0.717, 1.165) is 16.7 Å². The summed E-state index contributed by atoms with van der Waals surface area (Å²) < 4.78 is 26.5. The Kier molecular flexibility index (Phi) is 7.45. The van der Waals surface area contributed by atoms with Crippen LogP contribution in [-0.4, -0.2) is 8.42 Å². The van der Waals surface area contributed by atoms with Crippen molar-refractivity contribution in [3.63, 3.8) is 0 Å². The summed E-state index contributed by atoms with van der Waals surface area (Å²) >= 11 is 7.51. The van der Waals surface area contributed by atoms with Crippen molar-refractivity contribution < 1.29 is 8.42 Å². The van der Waals surface area contributed by atoms with Crippen LogP contribution in [0.25, 0.3) is 0 Å². The molecule has 0 unspecified atom stereocenters. The molecule has 0 amide bonds. The molecule has 0 aliphatic carbocycles. The number of allylic oxidation sites excluding steroid dienone is 1. The van der Waals surface area contributed by atoms with Crippen LogP contribution in [0.4, 0.5) is 5.69 Å². The molecule has 4 nitrogen and oxygen atoms in total. The van der Waals surface area contributed by atoms with Gasteiger partial charge in [-0.1, -0.05) is 65.7 Å². The Labute approximate surface area is 192 Å². The highest BCUT2D eigenvalue weighted by Gasteiger charge is 2.26. The zero-order valence-corrected chi connectivity index (χ0v) is 19.5. The zero-order valence-electron chi connectivity index (χ0n) is 17.1. The van der Waals surface area contributed by atoms with Crippen LogP contribution >= 0.6 is 23.4 Å². The first-order chi connectivity index (χ1) is 14.8. The Morgan fingerprint density at radius 2 is 1.68 bits per heavy atom. The summed E-state index contributed by atoms with van der Waals surface area (Å²) in [5.41, 5.74) is 3.58. The van der Waals surface area contributed by atoms with Gasteiger partial charge in [0.2, 0.25) is 9.84 Å². The summed E-state index contributed by atoms with van der Waals surface area (Å²) in [6.07, 6.45) is 0. The minimum atomic E-state index is -4.00. The SMILES string of the molecule is Cc1ccc(CS/C(Nc2cccc(Cl)c2C)=C(/C#N)S(=O)(=O)c2ccccc2)cc1. The van der Waals surface area contributed by atoms with E-state index in [1.165, 1.54) is 23.9 Å². The van der Waals surface area contributed by atoms with Crippen LogP contribution in [0.5, 0.6) is 0 Å². The van der Waals surface area contributed by atoms with Crippen molar-refractivity contribution in [2.75, 3.05) is 5.32 Å². The van der Waals surface area contributed by atoms with E-state index in [9.17, 15) is 13.7 Å². The van der Waals surface area contributed by atoms with Gasteiger partial charge in [0.15, 0.2) is 4.91 Å². The molecular weight excluding hydrogens is 448 g/mol. The summed E-state index contributed by atoms with van der Waals surface area (Å²) in [6, 6.07) is 23.2. The number of sulfone groups is 1. The first kappa shape index (κ1) is 23.0. The minimum absolute atomic E-state index is 0.0737. The molecule has 0 bridgehead atoms. The molecular formula is C24H21ClN2O2S2. The maximum atomic E-state index is 13.2. The predicted octanol–water partition coefficient (Wildman–Crippen LogP) is 6.47. The van der Waals surface area contributed by atoms with Gasteiger partial charge in [0.25, 0.3) is 0 Å². The van der Waals surface area contributed by atoms with Crippen molar-refractivity contribution >= 4 is 38.9 Å². The fourth-order valence-electron chi connectivity index (χ4n) is 2.81. The molecule has 1 N–H and O–H groups in total. The van der Waals surface area contributed by atoms with Crippen molar-refractivity contribution in [3.8, 4) is 6.07 Å². The van der Waals surface area contributed by atoms with Crippen LogP contribution in [0.1, 0.15) is 16.7 Å². The van der Waals surface area contributed by atoms with Crippen molar-refractivity contribution in [3.05, 3.63) is 104 Å². The van der Waals surface area contributed by atoms with Crippen LogP contribution in [0.2, 0.25) is 5.02 Å². The Morgan fingerprint density at radius 3 is 2.32 bits per heavy atom. The second-order valence-corrected chi connectivity index (χ2v) is 10.2. The molecule has 0 aliphatic heterocycles. The topological polar surface area (TPSA) is 70.0 Å². The number of nitrogens with one attached hydrogen (secondary N) is 1. The molecule has 3 aromatic rings. The van der Waals surface area contributed by atoms with Crippen LogP contribution in [-0.2, 0) is 15.6 Å². The normalized spacial score (nSPS) is 12.1. The number of halogens is 1. The molecule has 0 spiro atoms. The molecule has 0 atom stereocenters. The first-order valence-electron chi connectivity index (χ1n) is 9.48. The molecule has 0 heterocycles. The van der Waals surface area contributed by atoms with Gasteiger partial charge in [0, 0.05) is 16.5 Å². The number of rotatable bonds is 7. The Balaban J connectivity index is 2.07. The van der Waals surface area contributed by atoms with Gasteiger partial charge in [-0.25, -0.2) is 8.42 Å². The molecule has 158 valence electrons. The average Bonchev–Trinajstić information content (AvgIpc) is 2.77. The highest BCUT2D eigenvalue weighted by atomic mass is 35.5. The van der Waals surface area contributed by atoms with Gasteiger partial charge < -0.3 is 5.32 Å². The molecule has 0 saturated carbocycles. The van der Waals surface area contributed by atoms with E-state index in [2.05, 4.69) is 5.32 Å². The number of hydrogen-bond acceptors (Lipinski definition) is 5. The fourth-order valence-corrected chi connectivity index (χ4v) is 5.52. The van der Waals surface area contributed by atoms with E-state index in [-0.39, 0.29) is 14.8 Å². The van der Waals surface area contributed by atoms with Crippen molar-refractivity contribution in [1.82, 2.24) is 0 Å². The number of aryl methyl sites for hydroxylation is 1. The van der Waals surface area contributed by atoms with E-state index >= 15 is 0 Å². The zero-order chi connectivity index (χ0) is 22.4. The lowest BCUT2D eigenvalue weighted by molar-refractivity contribution is 0.603. The van der Waals surface area contributed by atoms with Crippen LogP contribution in [0, 0.1) is 25.2 Å². The summed E-state index contributed by atoms with van der Waals surface area (Å²) in [6.45, 7) is 3.84. The molecule has 0 aromatic heterocycles. The lowest BCUT2D eigenvalue weighted by Gasteiger charge is -2.16. The summed E-state index contributed by atoms with van der Waals surface area (Å²) in [5, 5.41) is 13.8. The number of benzene rings is 3. The monoisotopic (exact) mass is 468 g/mol. The number of nitrogens with zero attached hydrogens (tertiary/aromatic N) is 1. The molecule has 7 heteroatoms. The largest absolute Gasteiger partial charge is 0.348 e. The van der Waals surface area contributed by atoms with Gasteiger partial charge in [-0.15, -0.1) is 11.8 Å². The number of thioether (sulfide) groups is 1. The maximum absolute atomic E-state index is 13.2. The van der Waals surface area contributed by atoms with Crippen LogP contribution < -0.4 is 5.32 Å². The van der Waals surface area contributed by atoms with Crippen LogP contribution in [0.3, 0.4) is 0 Å². The van der Waals surface area contributed by atoms with Gasteiger partial charge in [0.05, 0.1) is 4.90 Å². The van der Waals surface area contributed by atoms with Gasteiger partial charge in [-0.05, 0) is 49.2 Å². The minimum Gasteiger partial charge on any atom is -0.348 e. The lowest BCUT2D eigenvalue weighted by atomic mass is 10.2. The van der Waals surface area contributed by atoms with E-state index in [1.807, 2.05) is 44.2 Å². The van der Waals surface area contributed by atoms with Crippen molar-refractivity contribution in [2.45, 2.75) is 24.5 Å². The van der Waals surface area contributed by atoms with Crippen LogP contribution in [0.15, 0.2) is 87.6 Å². The van der Waals surface area contributed by atoms with E-state index in [4.69, 9.17) is 11.6 Å². The molecule has 3 rings (SSSR count). The second-order valence-electron chi connectivity index (χ2n) is 6.90. The van der Waals surface area contributed by atoms with Crippen molar-refractivity contribution in [1.29, 1.82) is 5.26 Å². The third-order valence-electron chi connectivity index (χ3n) is 4.65. The van der Waals surface area contributed by atoms with Gasteiger partial charge in [-0.2, -0.15) is 5.26 Å². The number of hydrogen-bond donors (Lipinski definition) is 1. The molecule has 0 aliphatic rings. The Hall–Kier alpha value is -2.72. The highest BCUT2D eigenvalue weighted by Crippen LogP contribution is 2.33. The van der Waals surface area contributed by atoms with E-state index < -0.39 is 9.84 Å². The summed E-state index contributed by atoms with van der Waals surface area (Å²) in [5.74, 6) is 0.498. The third kappa shape index (κ3) is 5.50. The molecule has 0 fully saturated rings. The van der Waals surface area contributed by atoms with Crippen molar-refractivity contribution in [2.24, 2.45) is 0 Å². The number of anilines is 1. The quantitative estimate of drug-likeness (QED) is 0.402. The smallest absolute Gasteiger partial charge is 0.219 e. The van der Waals surface area contributed by atoms with Gasteiger partial charge >= 0.3 is 0 Å². The molecule has 0 radical (unpaired) electrons.